The molecule has 1 amide bonds. The first-order valence-corrected chi connectivity index (χ1v) is 8.43. The maximum absolute atomic E-state index is 12.1. The molecule has 0 bridgehead atoms. The number of ether oxygens (including phenoxy) is 3. The van der Waals surface area contributed by atoms with Crippen molar-refractivity contribution in [1.82, 2.24) is 0 Å². The van der Waals surface area contributed by atoms with E-state index in [4.69, 9.17) is 14.2 Å². The maximum Gasteiger partial charge on any atom is 0.351 e. The van der Waals surface area contributed by atoms with Gasteiger partial charge in [-0.25, -0.2) is 4.79 Å². The number of esters is 1. The van der Waals surface area contributed by atoms with Gasteiger partial charge in [-0.1, -0.05) is 28.1 Å². The predicted molar refractivity (Wildman–Crippen MR) is 94.8 cm³/mol. The molecule has 3 rings (SSSR count). The van der Waals surface area contributed by atoms with Gasteiger partial charge in [0.25, 0.3) is 5.91 Å². The number of nitrogens with one attached hydrogen (secondary N) is 1. The largest absolute Gasteiger partial charge is 0.485 e. The van der Waals surface area contributed by atoms with Crippen LogP contribution in [0.15, 0.2) is 46.9 Å². The zero-order valence-electron chi connectivity index (χ0n) is 13.5. The number of hydrogen-bond donors (Lipinski definition) is 1. The summed E-state index contributed by atoms with van der Waals surface area (Å²) in [6.45, 7) is 1.57. The lowest BCUT2D eigenvalue weighted by molar-refractivity contribution is -0.156. The number of carbonyl (C=O) groups excluding carboxylic acids is 2. The SMILES string of the molecule is Cc1cc(NC(=O)COC(=O)[C@@H]2COc3ccccc3O2)ccc1Br. The van der Waals surface area contributed by atoms with Crippen molar-refractivity contribution < 1.29 is 23.8 Å². The fraction of sp³-hybridized carbons (Fsp3) is 0.222. The Morgan fingerprint density at radius 1 is 1.24 bits per heavy atom. The Bertz CT molecular complexity index is 808. The topological polar surface area (TPSA) is 73.9 Å². The molecule has 0 unspecified atom stereocenters. The summed E-state index contributed by atoms with van der Waals surface area (Å²) in [6.07, 6.45) is -0.891. The molecule has 0 fully saturated rings. The minimum absolute atomic E-state index is 0.0450. The number of halogens is 1. The van der Waals surface area contributed by atoms with E-state index in [-0.39, 0.29) is 6.61 Å². The van der Waals surface area contributed by atoms with E-state index in [1.54, 1.807) is 24.3 Å². The summed E-state index contributed by atoms with van der Waals surface area (Å²) < 4.78 is 17.0. The van der Waals surface area contributed by atoms with Gasteiger partial charge in [-0.05, 0) is 42.8 Å². The fourth-order valence-electron chi connectivity index (χ4n) is 2.28. The molecule has 1 heterocycles. The Labute approximate surface area is 153 Å². The fourth-order valence-corrected chi connectivity index (χ4v) is 2.53. The number of hydrogen-bond acceptors (Lipinski definition) is 5. The van der Waals surface area contributed by atoms with Gasteiger partial charge in [0.05, 0.1) is 0 Å². The van der Waals surface area contributed by atoms with E-state index >= 15 is 0 Å². The second-order valence-corrected chi connectivity index (χ2v) is 6.34. The first kappa shape index (κ1) is 17.3. The van der Waals surface area contributed by atoms with Crippen LogP contribution in [0, 0.1) is 6.92 Å². The lowest BCUT2D eigenvalue weighted by Gasteiger charge is -2.24. The molecule has 1 aliphatic rings. The molecular weight excluding hydrogens is 390 g/mol. The van der Waals surface area contributed by atoms with Crippen molar-refractivity contribution in [3.63, 3.8) is 0 Å². The maximum atomic E-state index is 12.1. The second kappa shape index (κ2) is 7.57. The van der Waals surface area contributed by atoms with Gasteiger partial charge in [0.15, 0.2) is 18.1 Å². The zero-order chi connectivity index (χ0) is 17.8. The average molecular weight is 406 g/mol. The zero-order valence-corrected chi connectivity index (χ0v) is 15.0. The Morgan fingerprint density at radius 3 is 2.76 bits per heavy atom. The van der Waals surface area contributed by atoms with Crippen LogP contribution in [-0.2, 0) is 14.3 Å². The molecule has 1 aliphatic heterocycles. The summed E-state index contributed by atoms with van der Waals surface area (Å²) in [4.78, 5) is 24.0. The van der Waals surface area contributed by atoms with Crippen LogP contribution in [0.5, 0.6) is 11.5 Å². The Hall–Kier alpha value is -2.54. The summed E-state index contributed by atoms with van der Waals surface area (Å²) in [6, 6.07) is 12.5. The number of fused-ring (bicyclic) bond motifs is 1. The molecule has 2 aromatic carbocycles. The lowest BCUT2D eigenvalue weighted by atomic mass is 10.2. The van der Waals surface area contributed by atoms with Crippen LogP contribution in [0.2, 0.25) is 0 Å². The van der Waals surface area contributed by atoms with Gasteiger partial charge in [-0.2, -0.15) is 0 Å². The Morgan fingerprint density at radius 2 is 2.00 bits per heavy atom. The number of amides is 1. The van der Waals surface area contributed by atoms with E-state index in [9.17, 15) is 9.59 Å². The van der Waals surface area contributed by atoms with Crippen LogP contribution in [0.4, 0.5) is 5.69 Å². The third-order valence-corrected chi connectivity index (χ3v) is 4.45. The van der Waals surface area contributed by atoms with Crippen molar-refractivity contribution in [2.75, 3.05) is 18.5 Å². The minimum atomic E-state index is -0.891. The molecular formula is C18H16BrNO5. The summed E-state index contributed by atoms with van der Waals surface area (Å²) in [5, 5.41) is 2.67. The van der Waals surface area contributed by atoms with E-state index in [2.05, 4.69) is 21.2 Å². The highest BCUT2D eigenvalue weighted by Gasteiger charge is 2.29. The average Bonchev–Trinajstić information content (AvgIpc) is 2.62. The van der Waals surface area contributed by atoms with Crippen molar-refractivity contribution in [2.24, 2.45) is 0 Å². The van der Waals surface area contributed by atoms with Crippen molar-refractivity contribution >= 4 is 33.5 Å². The highest BCUT2D eigenvalue weighted by atomic mass is 79.9. The molecule has 0 aliphatic carbocycles. The van der Waals surface area contributed by atoms with E-state index in [0.29, 0.717) is 17.2 Å². The van der Waals surface area contributed by atoms with Gasteiger partial charge < -0.3 is 19.5 Å². The second-order valence-electron chi connectivity index (χ2n) is 5.48. The van der Waals surface area contributed by atoms with E-state index in [1.807, 2.05) is 25.1 Å². The number of rotatable bonds is 4. The highest BCUT2D eigenvalue weighted by Crippen LogP contribution is 2.31. The van der Waals surface area contributed by atoms with Crippen LogP contribution >= 0.6 is 15.9 Å². The van der Waals surface area contributed by atoms with Gasteiger partial charge >= 0.3 is 5.97 Å². The quantitative estimate of drug-likeness (QED) is 0.791. The minimum Gasteiger partial charge on any atom is -0.485 e. The Kier molecular flexibility index (Phi) is 5.23. The molecule has 6 nitrogen and oxygen atoms in total. The molecule has 0 saturated heterocycles. The van der Waals surface area contributed by atoms with Gasteiger partial charge in [0.2, 0.25) is 6.10 Å². The molecule has 130 valence electrons. The number of aryl methyl sites for hydroxylation is 1. The Balaban J connectivity index is 1.50. The molecule has 2 aromatic rings. The number of para-hydroxylation sites is 2. The van der Waals surface area contributed by atoms with Crippen molar-refractivity contribution in [3.8, 4) is 11.5 Å². The first-order chi connectivity index (χ1) is 12.0. The van der Waals surface area contributed by atoms with Crippen LogP contribution in [0.1, 0.15) is 5.56 Å². The van der Waals surface area contributed by atoms with Crippen molar-refractivity contribution in [1.29, 1.82) is 0 Å². The molecule has 1 atom stereocenters. The molecule has 1 N–H and O–H groups in total. The van der Waals surface area contributed by atoms with E-state index in [1.165, 1.54) is 0 Å². The number of benzene rings is 2. The summed E-state index contributed by atoms with van der Waals surface area (Å²) in [5.41, 5.74) is 1.62. The number of anilines is 1. The molecule has 0 spiro atoms. The third kappa shape index (κ3) is 4.30. The predicted octanol–water partition coefficient (Wildman–Crippen LogP) is 3.08. The number of carbonyl (C=O) groups is 2. The van der Waals surface area contributed by atoms with E-state index in [0.717, 1.165) is 10.0 Å². The first-order valence-electron chi connectivity index (χ1n) is 7.64. The smallest absolute Gasteiger partial charge is 0.351 e. The van der Waals surface area contributed by atoms with Crippen LogP contribution < -0.4 is 14.8 Å². The van der Waals surface area contributed by atoms with Crippen LogP contribution in [0.3, 0.4) is 0 Å². The standard InChI is InChI=1S/C18H16BrNO5/c1-11-8-12(6-7-13(11)19)20-17(21)10-24-18(22)16-9-23-14-4-2-3-5-15(14)25-16/h2-8,16H,9-10H2,1H3,(H,20,21)/t16-/m0/s1. The summed E-state index contributed by atoms with van der Waals surface area (Å²) >= 11 is 3.39. The molecule has 0 radical (unpaired) electrons. The van der Waals surface area contributed by atoms with Crippen molar-refractivity contribution in [2.45, 2.75) is 13.0 Å². The molecule has 25 heavy (non-hydrogen) atoms. The van der Waals surface area contributed by atoms with Gasteiger partial charge in [-0.15, -0.1) is 0 Å². The van der Waals surface area contributed by atoms with Gasteiger partial charge in [-0.3, -0.25) is 4.79 Å². The lowest BCUT2D eigenvalue weighted by Crippen LogP contribution is -2.39. The molecule has 0 saturated carbocycles. The van der Waals surface area contributed by atoms with Gasteiger partial charge in [0.1, 0.15) is 6.61 Å². The third-order valence-electron chi connectivity index (χ3n) is 3.56. The normalized spacial score (nSPS) is 15.4. The van der Waals surface area contributed by atoms with E-state index < -0.39 is 24.6 Å². The van der Waals surface area contributed by atoms with Crippen molar-refractivity contribution in [3.05, 3.63) is 52.5 Å². The highest BCUT2D eigenvalue weighted by molar-refractivity contribution is 9.10. The molecule has 7 heteroatoms. The van der Waals surface area contributed by atoms with Crippen LogP contribution in [-0.4, -0.2) is 31.2 Å². The molecule has 0 aromatic heterocycles. The summed E-state index contributed by atoms with van der Waals surface area (Å²) in [5.74, 6) is -0.00997. The van der Waals surface area contributed by atoms with Gasteiger partial charge in [0, 0.05) is 10.2 Å². The summed E-state index contributed by atoms with van der Waals surface area (Å²) in [7, 11) is 0. The monoisotopic (exact) mass is 405 g/mol. The van der Waals surface area contributed by atoms with Crippen LogP contribution in [0.25, 0.3) is 0 Å².